The van der Waals surface area contributed by atoms with Crippen LogP contribution in [0.4, 0.5) is 0 Å². The Labute approximate surface area is 120 Å². The van der Waals surface area contributed by atoms with Gasteiger partial charge in [-0.2, -0.15) is 0 Å². The van der Waals surface area contributed by atoms with Crippen molar-refractivity contribution in [2.24, 2.45) is 0 Å². The van der Waals surface area contributed by atoms with Crippen molar-refractivity contribution in [3.05, 3.63) is 35.4 Å². The zero-order chi connectivity index (χ0) is 13.8. The maximum absolute atomic E-state index is 12.3. The number of benzene rings is 1. The van der Waals surface area contributed by atoms with Gasteiger partial charge in [0.15, 0.2) is 0 Å². The minimum atomic E-state index is 0.243. The number of carbonyl (C=O) groups excluding carboxylic acids is 1. The highest BCUT2D eigenvalue weighted by atomic mass is 16.5. The first-order chi connectivity index (χ1) is 9.83. The minimum absolute atomic E-state index is 0.243. The van der Waals surface area contributed by atoms with E-state index in [-0.39, 0.29) is 5.91 Å². The SMILES string of the molecule is O=C(CN1CCCc2ccccc2C1)N1CCOCC1. The van der Waals surface area contributed by atoms with Crippen LogP contribution in [-0.4, -0.2) is 55.1 Å². The lowest BCUT2D eigenvalue weighted by molar-refractivity contribution is -0.136. The van der Waals surface area contributed by atoms with Crippen LogP contribution in [0.15, 0.2) is 24.3 Å². The summed E-state index contributed by atoms with van der Waals surface area (Å²) < 4.78 is 5.30. The lowest BCUT2D eigenvalue weighted by Gasteiger charge is -2.29. The Kier molecular flexibility index (Phi) is 4.33. The molecule has 0 aromatic heterocycles. The fraction of sp³-hybridized carbons (Fsp3) is 0.562. The van der Waals surface area contributed by atoms with Gasteiger partial charge < -0.3 is 9.64 Å². The quantitative estimate of drug-likeness (QED) is 0.815. The third-order valence-electron chi connectivity index (χ3n) is 4.16. The summed E-state index contributed by atoms with van der Waals surface area (Å²) in [6, 6.07) is 8.59. The van der Waals surface area contributed by atoms with Crippen molar-refractivity contribution in [2.75, 3.05) is 39.4 Å². The molecular formula is C16H22N2O2. The largest absolute Gasteiger partial charge is 0.378 e. The molecule has 3 rings (SSSR count). The molecule has 0 unspecified atom stereocenters. The number of carbonyl (C=O) groups is 1. The number of amides is 1. The van der Waals surface area contributed by atoms with Crippen LogP contribution >= 0.6 is 0 Å². The molecule has 0 spiro atoms. The molecule has 2 aliphatic heterocycles. The number of hydrogen-bond acceptors (Lipinski definition) is 3. The van der Waals surface area contributed by atoms with E-state index in [9.17, 15) is 4.79 Å². The zero-order valence-electron chi connectivity index (χ0n) is 11.9. The monoisotopic (exact) mass is 274 g/mol. The normalized spacial score (nSPS) is 20.3. The van der Waals surface area contributed by atoms with Gasteiger partial charge in [0.25, 0.3) is 0 Å². The van der Waals surface area contributed by atoms with E-state index in [2.05, 4.69) is 29.2 Å². The Morgan fingerprint density at radius 1 is 1.10 bits per heavy atom. The van der Waals surface area contributed by atoms with Gasteiger partial charge in [-0.05, 0) is 30.5 Å². The van der Waals surface area contributed by atoms with Crippen LogP contribution in [0.2, 0.25) is 0 Å². The van der Waals surface area contributed by atoms with Crippen molar-refractivity contribution in [3.8, 4) is 0 Å². The summed E-state index contributed by atoms with van der Waals surface area (Å²) in [4.78, 5) is 16.5. The van der Waals surface area contributed by atoms with Crippen LogP contribution in [0.3, 0.4) is 0 Å². The molecular weight excluding hydrogens is 252 g/mol. The lowest BCUT2D eigenvalue weighted by Crippen LogP contribution is -2.45. The molecule has 0 radical (unpaired) electrons. The molecule has 1 fully saturated rings. The van der Waals surface area contributed by atoms with Gasteiger partial charge in [0.2, 0.25) is 5.91 Å². The molecule has 0 bridgehead atoms. The van der Waals surface area contributed by atoms with Crippen molar-refractivity contribution in [2.45, 2.75) is 19.4 Å². The Bertz CT molecular complexity index is 469. The Hall–Kier alpha value is -1.39. The molecule has 1 saturated heterocycles. The van der Waals surface area contributed by atoms with Crippen molar-refractivity contribution in [1.82, 2.24) is 9.80 Å². The second-order valence-electron chi connectivity index (χ2n) is 5.58. The highest BCUT2D eigenvalue weighted by molar-refractivity contribution is 5.78. The van der Waals surface area contributed by atoms with E-state index < -0.39 is 0 Å². The van der Waals surface area contributed by atoms with E-state index in [0.29, 0.717) is 19.8 Å². The number of hydrogen-bond donors (Lipinski definition) is 0. The number of nitrogens with zero attached hydrogens (tertiary/aromatic N) is 2. The molecule has 2 heterocycles. The molecule has 0 N–H and O–H groups in total. The van der Waals surface area contributed by atoms with Gasteiger partial charge in [-0.15, -0.1) is 0 Å². The highest BCUT2D eigenvalue weighted by Gasteiger charge is 2.21. The first-order valence-electron chi connectivity index (χ1n) is 7.47. The van der Waals surface area contributed by atoms with Crippen LogP contribution in [0.1, 0.15) is 17.5 Å². The summed E-state index contributed by atoms with van der Waals surface area (Å²) in [5, 5.41) is 0. The second kappa shape index (κ2) is 6.37. The molecule has 20 heavy (non-hydrogen) atoms. The van der Waals surface area contributed by atoms with Gasteiger partial charge in [-0.25, -0.2) is 0 Å². The van der Waals surface area contributed by atoms with Crippen molar-refractivity contribution in [3.63, 3.8) is 0 Å². The average molecular weight is 274 g/mol. The molecule has 4 heteroatoms. The minimum Gasteiger partial charge on any atom is -0.378 e. The van der Waals surface area contributed by atoms with Crippen LogP contribution in [0.5, 0.6) is 0 Å². The fourth-order valence-corrected chi connectivity index (χ4v) is 3.01. The van der Waals surface area contributed by atoms with E-state index >= 15 is 0 Å². The predicted octanol–water partition coefficient (Wildman–Crippen LogP) is 1.29. The zero-order valence-corrected chi connectivity index (χ0v) is 11.9. The molecule has 1 aromatic rings. The second-order valence-corrected chi connectivity index (χ2v) is 5.58. The average Bonchev–Trinajstić information content (AvgIpc) is 2.69. The number of rotatable bonds is 2. The first kappa shape index (κ1) is 13.6. The third-order valence-corrected chi connectivity index (χ3v) is 4.16. The lowest BCUT2D eigenvalue weighted by atomic mass is 10.0. The summed E-state index contributed by atoms with van der Waals surface area (Å²) in [5.74, 6) is 0.243. The maximum atomic E-state index is 12.3. The van der Waals surface area contributed by atoms with Gasteiger partial charge >= 0.3 is 0 Å². The van der Waals surface area contributed by atoms with Crippen LogP contribution in [-0.2, 0) is 22.5 Å². The summed E-state index contributed by atoms with van der Waals surface area (Å²) in [6.07, 6.45) is 2.26. The Morgan fingerprint density at radius 3 is 2.65 bits per heavy atom. The molecule has 4 nitrogen and oxygen atoms in total. The van der Waals surface area contributed by atoms with E-state index in [0.717, 1.165) is 39.0 Å². The summed E-state index contributed by atoms with van der Waals surface area (Å²) in [5.41, 5.74) is 2.81. The van der Waals surface area contributed by atoms with Crippen molar-refractivity contribution >= 4 is 5.91 Å². The van der Waals surface area contributed by atoms with Crippen LogP contribution in [0, 0.1) is 0 Å². The van der Waals surface area contributed by atoms with Crippen LogP contribution < -0.4 is 0 Å². The fourth-order valence-electron chi connectivity index (χ4n) is 3.01. The van der Waals surface area contributed by atoms with E-state index in [1.54, 1.807) is 0 Å². The van der Waals surface area contributed by atoms with Gasteiger partial charge in [0, 0.05) is 19.6 Å². The highest BCUT2D eigenvalue weighted by Crippen LogP contribution is 2.18. The summed E-state index contributed by atoms with van der Waals surface area (Å²) in [6.45, 7) is 5.26. The molecule has 108 valence electrons. The van der Waals surface area contributed by atoms with E-state index in [1.807, 2.05) is 4.90 Å². The van der Waals surface area contributed by atoms with Gasteiger partial charge in [-0.1, -0.05) is 24.3 Å². The van der Waals surface area contributed by atoms with Crippen molar-refractivity contribution < 1.29 is 9.53 Å². The Balaban J connectivity index is 1.61. The molecule has 1 aromatic carbocycles. The predicted molar refractivity (Wildman–Crippen MR) is 77.4 cm³/mol. The van der Waals surface area contributed by atoms with E-state index in [4.69, 9.17) is 4.74 Å². The number of aryl methyl sites for hydroxylation is 1. The number of morpholine rings is 1. The van der Waals surface area contributed by atoms with Gasteiger partial charge in [-0.3, -0.25) is 9.69 Å². The standard InChI is InChI=1S/C16H22N2O2/c19-16(18-8-10-20-11-9-18)13-17-7-3-6-14-4-1-2-5-15(14)12-17/h1-2,4-5H,3,6-13H2. The Morgan fingerprint density at radius 2 is 1.85 bits per heavy atom. The molecule has 0 atom stereocenters. The van der Waals surface area contributed by atoms with E-state index in [1.165, 1.54) is 11.1 Å². The molecule has 0 saturated carbocycles. The number of ether oxygens (including phenoxy) is 1. The van der Waals surface area contributed by atoms with Crippen LogP contribution in [0.25, 0.3) is 0 Å². The van der Waals surface area contributed by atoms with Gasteiger partial charge in [0.1, 0.15) is 0 Å². The maximum Gasteiger partial charge on any atom is 0.236 e. The molecule has 1 amide bonds. The smallest absolute Gasteiger partial charge is 0.236 e. The number of fused-ring (bicyclic) bond motifs is 1. The third kappa shape index (κ3) is 3.19. The summed E-state index contributed by atoms with van der Waals surface area (Å²) in [7, 11) is 0. The van der Waals surface area contributed by atoms with Gasteiger partial charge in [0.05, 0.1) is 19.8 Å². The molecule has 0 aliphatic carbocycles. The summed E-state index contributed by atoms with van der Waals surface area (Å²) >= 11 is 0. The topological polar surface area (TPSA) is 32.8 Å². The molecule has 2 aliphatic rings. The first-order valence-corrected chi connectivity index (χ1v) is 7.47. The van der Waals surface area contributed by atoms with Crippen molar-refractivity contribution in [1.29, 1.82) is 0 Å².